The standard InChI is InChI=1S/C24H26N4O3/c1-16(25)20-6-4-5-18(13-20)14-22(24(30)31-3)17(2)27-23(29)19-7-9-21(10-8-19)28-12-11-26-15-28/h4-13,15,17,22H,1,14,25H2,2-3H3,(H,27,29). The predicted molar refractivity (Wildman–Crippen MR) is 119 cm³/mol. The Balaban J connectivity index is 1.72. The van der Waals surface area contributed by atoms with E-state index in [1.807, 2.05) is 47.2 Å². The second-order valence-electron chi connectivity index (χ2n) is 7.34. The van der Waals surface area contributed by atoms with Gasteiger partial charge in [-0.2, -0.15) is 0 Å². The van der Waals surface area contributed by atoms with Gasteiger partial charge in [-0.3, -0.25) is 9.59 Å². The maximum atomic E-state index is 12.8. The molecule has 7 heteroatoms. The molecule has 31 heavy (non-hydrogen) atoms. The number of hydrogen-bond acceptors (Lipinski definition) is 5. The third-order valence-corrected chi connectivity index (χ3v) is 5.15. The second-order valence-corrected chi connectivity index (χ2v) is 7.34. The van der Waals surface area contributed by atoms with Gasteiger partial charge in [-0.1, -0.05) is 24.8 Å². The molecule has 0 spiro atoms. The van der Waals surface area contributed by atoms with Crippen molar-refractivity contribution in [3.05, 3.63) is 90.5 Å². The van der Waals surface area contributed by atoms with Gasteiger partial charge in [0, 0.05) is 35.4 Å². The van der Waals surface area contributed by atoms with E-state index in [0.717, 1.165) is 16.8 Å². The average molecular weight is 418 g/mol. The van der Waals surface area contributed by atoms with Crippen molar-refractivity contribution in [3.8, 4) is 5.69 Å². The highest BCUT2D eigenvalue weighted by Crippen LogP contribution is 2.18. The first-order chi connectivity index (χ1) is 14.9. The molecule has 1 heterocycles. The number of nitrogens with zero attached hydrogens (tertiary/aromatic N) is 2. The number of imidazole rings is 1. The monoisotopic (exact) mass is 418 g/mol. The van der Waals surface area contributed by atoms with Gasteiger partial charge in [-0.25, -0.2) is 4.98 Å². The number of amides is 1. The van der Waals surface area contributed by atoms with Crippen LogP contribution < -0.4 is 11.1 Å². The lowest BCUT2D eigenvalue weighted by atomic mass is 9.92. The first-order valence-electron chi connectivity index (χ1n) is 9.90. The highest BCUT2D eigenvalue weighted by Gasteiger charge is 2.28. The molecule has 0 fully saturated rings. The smallest absolute Gasteiger partial charge is 0.311 e. The Hall–Kier alpha value is -3.87. The lowest BCUT2D eigenvalue weighted by Crippen LogP contribution is -2.42. The van der Waals surface area contributed by atoms with Crippen LogP contribution in [0.25, 0.3) is 11.4 Å². The molecule has 0 aliphatic heterocycles. The fourth-order valence-electron chi connectivity index (χ4n) is 3.36. The van der Waals surface area contributed by atoms with Gasteiger partial charge in [0.2, 0.25) is 0 Å². The molecule has 0 aliphatic rings. The normalized spacial score (nSPS) is 12.6. The average Bonchev–Trinajstić information content (AvgIpc) is 3.32. The largest absolute Gasteiger partial charge is 0.469 e. The van der Waals surface area contributed by atoms with Crippen LogP contribution in [0.2, 0.25) is 0 Å². The van der Waals surface area contributed by atoms with Crippen LogP contribution in [0.5, 0.6) is 0 Å². The zero-order chi connectivity index (χ0) is 22.4. The zero-order valence-electron chi connectivity index (χ0n) is 17.6. The Morgan fingerprint density at radius 1 is 1.19 bits per heavy atom. The first kappa shape index (κ1) is 21.8. The summed E-state index contributed by atoms with van der Waals surface area (Å²) in [7, 11) is 1.34. The van der Waals surface area contributed by atoms with Gasteiger partial charge in [0.15, 0.2) is 0 Å². The van der Waals surface area contributed by atoms with Crippen LogP contribution >= 0.6 is 0 Å². The molecular formula is C24H26N4O3. The van der Waals surface area contributed by atoms with E-state index < -0.39 is 12.0 Å². The minimum Gasteiger partial charge on any atom is -0.469 e. The predicted octanol–water partition coefficient (Wildman–Crippen LogP) is 2.95. The molecule has 2 unspecified atom stereocenters. The molecule has 0 saturated heterocycles. The summed E-state index contributed by atoms with van der Waals surface area (Å²) in [5.41, 5.74) is 9.35. The number of rotatable bonds is 8. The summed E-state index contributed by atoms with van der Waals surface area (Å²) in [4.78, 5) is 29.2. The number of esters is 1. The molecule has 160 valence electrons. The number of hydrogen-bond donors (Lipinski definition) is 2. The van der Waals surface area contributed by atoms with Crippen molar-refractivity contribution >= 4 is 17.6 Å². The molecule has 3 rings (SSSR count). The van der Waals surface area contributed by atoms with Gasteiger partial charge in [0.1, 0.15) is 0 Å². The quantitative estimate of drug-likeness (QED) is 0.548. The number of aromatic nitrogens is 2. The van der Waals surface area contributed by atoms with Crippen molar-refractivity contribution < 1.29 is 14.3 Å². The van der Waals surface area contributed by atoms with Crippen LogP contribution in [0.15, 0.2) is 73.8 Å². The molecule has 0 bridgehead atoms. The number of carbonyl (C=O) groups is 2. The molecular weight excluding hydrogens is 392 g/mol. The first-order valence-corrected chi connectivity index (χ1v) is 9.90. The van der Waals surface area contributed by atoms with Crippen molar-refractivity contribution in [2.45, 2.75) is 19.4 Å². The van der Waals surface area contributed by atoms with E-state index in [4.69, 9.17) is 10.5 Å². The van der Waals surface area contributed by atoms with Crippen LogP contribution in [0.1, 0.15) is 28.4 Å². The third kappa shape index (κ3) is 5.39. The van der Waals surface area contributed by atoms with Crippen LogP contribution in [-0.2, 0) is 16.0 Å². The van der Waals surface area contributed by atoms with Gasteiger partial charge in [-0.15, -0.1) is 0 Å². The van der Waals surface area contributed by atoms with Crippen molar-refractivity contribution in [1.82, 2.24) is 14.9 Å². The molecule has 0 aliphatic carbocycles. The highest BCUT2D eigenvalue weighted by molar-refractivity contribution is 5.94. The minimum absolute atomic E-state index is 0.261. The Kier molecular flexibility index (Phi) is 6.87. The van der Waals surface area contributed by atoms with E-state index >= 15 is 0 Å². The molecule has 1 amide bonds. The summed E-state index contributed by atoms with van der Waals surface area (Å²) in [5, 5.41) is 2.92. The number of carbonyl (C=O) groups excluding carboxylic acids is 2. The Labute approximate surface area is 181 Å². The molecule has 7 nitrogen and oxygen atoms in total. The third-order valence-electron chi connectivity index (χ3n) is 5.15. The molecule has 2 atom stereocenters. The molecule has 3 aromatic rings. The van der Waals surface area contributed by atoms with Crippen LogP contribution in [0.4, 0.5) is 0 Å². The van der Waals surface area contributed by atoms with Crippen molar-refractivity contribution in [1.29, 1.82) is 0 Å². The number of benzene rings is 2. The van der Waals surface area contributed by atoms with E-state index in [1.165, 1.54) is 7.11 Å². The lowest BCUT2D eigenvalue weighted by Gasteiger charge is -2.23. The van der Waals surface area contributed by atoms with E-state index in [0.29, 0.717) is 17.7 Å². The van der Waals surface area contributed by atoms with Crippen molar-refractivity contribution in [2.75, 3.05) is 7.11 Å². The van der Waals surface area contributed by atoms with Gasteiger partial charge in [0.05, 0.1) is 19.4 Å². The lowest BCUT2D eigenvalue weighted by molar-refractivity contribution is -0.146. The Bertz CT molecular complexity index is 1060. The minimum atomic E-state index is -0.555. The van der Waals surface area contributed by atoms with Gasteiger partial charge < -0.3 is 20.4 Å². The molecule has 1 aromatic heterocycles. The molecule has 0 radical (unpaired) electrons. The van der Waals surface area contributed by atoms with E-state index in [9.17, 15) is 9.59 Å². The van der Waals surface area contributed by atoms with E-state index in [-0.39, 0.29) is 11.9 Å². The van der Waals surface area contributed by atoms with Gasteiger partial charge in [0.25, 0.3) is 5.91 Å². The Morgan fingerprint density at radius 2 is 1.94 bits per heavy atom. The summed E-state index contributed by atoms with van der Waals surface area (Å²) in [6.45, 7) is 5.55. The number of nitrogens with one attached hydrogen (secondary N) is 1. The molecule has 0 saturated carbocycles. The second kappa shape index (κ2) is 9.75. The van der Waals surface area contributed by atoms with Gasteiger partial charge in [-0.05, 0) is 54.8 Å². The van der Waals surface area contributed by atoms with Crippen LogP contribution in [0, 0.1) is 5.92 Å². The number of methoxy groups -OCH3 is 1. The fraction of sp³-hybridized carbons (Fsp3) is 0.208. The maximum Gasteiger partial charge on any atom is 0.311 e. The zero-order valence-corrected chi connectivity index (χ0v) is 17.6. The number of nitrogens with two attached hydrogens (primary N) is 1. The van der Waals surface area contributed by atoms with Gasteiger partial charge >= 0.3 is 5.97 Å². The van der Waals surface area contributed by atoms with Crippen LogP contribution in [-0.4, -0.2) is 34.6 Å². The molecule has 2 aromatic carbocycles. The fourth-order valence-corrected chi connectivity index (χ4v) is 3.36. The summed E-state index contributed by atoms with van der Waals surface area (Å²) in [5.74, 6) is -1.21. The summed E-state index contributed by atoms with van der Waals surface area (Å²) >= 11 is 0. The SMILES string of the molecule is C=C(N)c1cccc(CC(C(=O)OC)C(C)NC(=O)c2ccc(-n3ccnc3)cc2)c1. The van der Waals surface area contributed by atoms with E-state index in [2.05, 4.69) is 16.9 Å². The topological polar surface area (TPSA) is 99.2 Å². The number of ether oxygens (including phenoxy) is 1. The summed E-state index contributed by atoms with van der Waals surface area (Å²) in [6, 6.07) is 14.2. The summed E-state index contributed by atoms with van der Waals surface area (Å²) in [6.07, 6.45) is 5.60. The van der Waals surface area contributed by atoms with Crippen molar-refractivity contribution in [2.24, 2.45) is 11.7 Å². The molecule has 3 N–H and O–H groups in total. The van der Waals surface area contributed by atoms with Crippen molar-refractivity contribution in [3.63, 3.8) is 0 Å². The maximum absolute atomic E-state index is 12.8. The Morgan fingerprint density at radius 3 is 2.55 bits per heavy atom. The van der Waals surface area contributed by atoms with E-state index in [1.54, 1.807) is 31.6 Å². The van der Waals surface area contributed by atoms with Crippen LogP contribution in [0.3, 0.4) is 0 Å². The highest BCUT2D eigenvalue weighted by atomic mass is 16.5. The summed E-state index contributed by atoms with van der Waals surface area (Å²) < 4.78 is 6.84.